The summed E-state index contributed by atoms with van der Waals surface area (Å²) < 4.78 is 0. The van der Waals surface area contributed by atoms with Gasteiger partial charge < -0.3 is 15.7 Å². The maximum absolute atomic E-state index is 12.1. The van der Waals surface area contributed by atoms with E-state index in [0.717, 1.165) is 12.2 Å². The fourth-order valence-corrected chi connectivity index (χ4v) is 4.20. The predicted octanol–water partition coefficient (Wildman–Crippen LogP) is 2.74. The van der Waals surface area contributed by atoms with E-state index >= 15 is 0 Å². The van der Waals surface area contributed by atoms with Gasteiger partial charge in [0.2, 0.25) is 11.8 Å². The molecule has 3 unspecified atom stereocenters. The molecule has 0 radical (unpaired) electrons. The maximum atomic E-state index is 12.1. The lowest BCUT2D eigenvalue weighted by Crippen LogP contribution is -2.56. The largest absolute Gasteiger partial charge is 0.394 e. The molecule has 0 saturated carbocycles. The van der Waals surface area contributed by atoms with Gasteiger partial charge in [-0.2, -0.15) is 11.8 Å². The van der Waals surface area contributed by atoms with Crippen LogP contribution in [0.25, 0.3) is 0 Å². The molecule has 1 aliphatic heterocycles. The van der Waals surface area contributed by atoms with E-state index in [-0.39, 0.29) is 24.6 Å². The molecule has 0 aromatic rings. The topological polar surface area (TPSA) is 108 Å². The van der Waals surface area contributed by atoms with Crippen molar-refractivity contribution in [3.8, 4) is 0 Å². The Morgan fingerprint density at radius 3 is 2.45 bits per heavy atom. The number of aliphatic hydroxyl groups is 1. The molecule has 1 heterocycles. The van der Waals surface area contributed by atoms with Crippen LogP contribution in [0, 0.1) is 5.92 Å². The molecular weight excluding hydrogens is 390 g/mol. The molecule has 1 aliphatic rings. The Morgan fingerprint density at radius 1 is 1.17 bits per heavy atom. The number of carbonyl (C=O) groups is 3. The third-order valence-corrected chi connectivity index (χ3v) is 6.14. The van der Waals surface area contributed by atoms with E-state index < -0.39 is 17.9 Å². The monoisotopic (exact) mass is 427 g/mol. The average molecular weight is 428 g/mol. The minimum Gasteiger partial charge on any atom is -0.394 e. The van der Waals surface area contributed by atoms with Crippen LogP contribution in [0.3, 0.4) is 0 Å². The van der Waals surface area contributed by atoms with Gasteiger partial charge in [-0.3, -0.25) is 14.9 Å². The van der Waals surface area contributed by atoms with Crippen LogP contribution in [-0.4, -0.2) is 53.1 Å². The summed E-state index contributed by atoms with van der Waals surface area (Å²) in [6, 6.07) is -1.22. The Morgan fingerprint density at radius 2 is 1.83 bits per heavy atom. The number of urea groups is 1. The molecule has 0 aromatic carbocycles. The van der Waals surface area contributed by atoms with Gasteiger partial charge in [0.05, 0.1) is 18.6 Å². The van der Waals surface area contributed by atoms with E-state index in [0.29, 0.717) is 5.75 Å². The van der Waals surface area contributed by atoms with Gasteiger partial charge in [0.15, 0.2) is 0 Å². The van der Waals surface area contributed by atoms with Gasteiger partial charge in [0, 0.05) is 11.8 Å². The van der Waals surface area contributed by atoms with Crippen molar-refractivity contribution in [3.63, 3.8) is 0 Å². The first kappa shape index (κ1) is 25.5. The van der Waals surface area contributed by atoms with E-state index in [1.807, 2.05) is 0 Å². The van der Waals surface area contributed by atoms with E-state index in [1.54, 1.807) is 18.7 Å². The molecule has 166 valence electrons. The summed E-state index contributed by atoms with van der Waals surface area (Å²) in [5.74, 6) is 0.306. The third kappa shape index (κ3) is 11.3. The van der Waals surface area contributed by atoms with Crippen LogP contribution < -0.4 is 16.0 Å². The zero-order valence-corrected chi connectivity index (χ0v) is 18.6. The van der Waals surface area contributed by atoms with Gasteiger partial charge in [0.1, 0.15) is 0 Å². The van der Waals surface area contributed by atoms with Crippen molar-refractivity contribution in [1.29, 1.82) is 0 Å². The Kier molecular flexibility index (Phi) is 13.5. The number of hydrogen-bond donors (Lipinski definition) is 4. The van der Waals surface area contributed by atoms with Crippen molar-refractivity contribution >= 4 is 29.6 Å². The van der Waals surface area contributed by atoms with Crippen molar-refractivity contribution in [2.45, 2.75) is 77.3 Å². The van der Waals surface area contributed by atoms with Crippen molar-refractivity contribution in [3.05, 3.63) is 12.2 Å². The number of amides is 4. The number of hydrogen-bond acceptors (Lipinski definition) is 5. The van der Waals surface area contributed by atoms with Crippen molar-refractivity contribution in [2.24, 2.45) is 5.92 Å². The molecule has 0 bridgehead atoms. The van der Waals surface area contributed by atoms with Gasteiger partial charge in [-0.05, 0) is 25.2 Å². The summed E-state index contributed by atoms with van der Waals surface area (Å²) in [5, 5.41) is 17.0. The lowest BCUT2D eigenvalue weighted by molar-refractivity contribution is -0.123. The summed E-state index contributed by atoms with van der Waals surface area (Å²) >= 11 is 1.74. The Bertz CT molecular complexity index is 542. The van der Waals surface area contributed by atoms with Crippen molar-refractivity contribution in [2.75, 3.05) is 18.1 Å². The first-order chi connectivity index (χ1) is 14.0. The van der Waals surface area contributed by atoms with Gasteiger partial charge in [-0.15, -0.1) is 0 Å². The molecule has 1 rings (SSSR count). The number of imide groups is 1. The summed E-state index contributed by atoms with van der Waals surface area (Å²) in [4.78, 5) is 35.1. The van der Waals surface area contributed by atoms with Crippen LogP contribution in [0.15, 0.2) is 12.2 Å². The van der Waals surface area contributed by atoms with Crippen LogP contribution in [0.5, 0.6) is 0 Å². The molecule has 7 nitrogen and oxygen atoms in total. The third-order valence-electron chi connectivity index (χ3n) is 4.92. The molecule has 8 heteroatoms. The van der Waals surface area contributed by atoms with Crippen molar-refractivity contribution in [1.82, 2.24) is 16.0 Å². The summed E-state index contributed by atoms with van der Waals surface area (Å²) in [6.45, 7) is 3.81. The number of unbranched alkanes of at least 4 members (excludes halogenated alkanes) is 7. The lowest BCUT2D eigenvalue weighted by Gasteiger charge is -2.26. The zero-order chi connectivity index (χ0) is 21.5. The molecule has 0 aliphatic carbocycles. The number of aliphatic hydroxyl groups excluding tert-OH is 1. The number of nitrogens with one attached hydrogen (secondary N) is 3. The standard InChI is InChI=1S/C21H37N3O4S/c1-3-4-5-6-7-8-9-10-13-29-15-17(14-25)23-19(26)12-11-18-16(2)22-21(28)24-20(18)27/h11-12,16-18,25H,3-10,13-15H2,1-2H3,(H,23,26)(H2,22,24,27,28)/b12-11+. The van der Waals surface area contributed by atoms with Crippen LogP contribution in [-0.2, 0) is 9.59 Å². The first-order valence-electron chi connectivity index (χ1n) is 10.8. The minimum absolute atomic E-state index is 0.125. The highest BCUT2D eigenvalue weighted by Crippen LogP contribution is 2.12. The number of carbonyl (C=O) groups excluding carboxylic acids is 3. The highest BCUT2D eigenvalue weighted by molar-refractivity contribution is 7.99. The summed E-state index contributed by atoms with van der Waals surface area (Å²) in [5.41, 5.74) is 0. The van der Waals surface area contributed by atoms with E-state index in [1.165, 1.54) is 57.1 Å². The highest BCUT2D eigenvalue weighted by Gasteiger charge is 2.30. The van der Waals surface area contributed by atoms with Crippen LogP contribution >= 0.6 is 11.8 Å². The molecule has 0 aromatic heterocycles. The lowest BCUT2D eigenvalue weighted by atomic mass is 9.98. The molecule has 29 heavy (non-hydrogen) atoms. The van der Waals surface area contributed by atoms with Gasteiger partial charge in [-0.1, -0.05) is 57.9 Å². The van der Waals surface area contributed by atoms with Gasteiger partial charge in [-0.25, -0.2) is 4.79 Å². The highest BCUT2D eigenvalue weighted by atomic mass is 32.2. The second-order valence-corrected chi connectivity index (χ2v) is 8.72. The smallest absolute Gasteiger partial charge is 0.321 e. The van der Waals surface area contributed by atoms with E-state index in [2.05, 4.69) is 22.9 Å². The molecule has 4 N–H and O–H groups in total. The van der Waals surface area contributed by atoms with Crippen LogP contribution in [0.2, 0.25) is 0 Å². The summed E-state index contributed by atoms with van der Waals surface area (Å²) in [6.07, 6.45) is 13.1. The molecule has 4 amide bonds. The maximum Gasteiger partial charge on any atom is 0.321 e. The second kappa shape index (κ2) is 15.3. The predicted molar refractivity (Wildman–Crippen MR) is 118 cm³/mol. The van der Waals surface area contributed by atoms with Gasteiger partial charge in [0.25, 0.3) is 0 Å². The second-order valence-electron chi connectivity index (χ2n) is 7.57. The molecule has 1 saturated heterocycles. The Labute approximate surface area is 178 Å². The molecule has 3 atom stereocenters. The quantitative estimate of drug-likeness (QED) is 0.237. The van der Waals surface area contributed by atoms with E-state index in [9.17, 15) is 19.5 Å². The molecule has 1 fully saturated rings. The minimum atomic E-state index is -0.595. The average Bonchev–Trinajstić information content (AvgIpc) is 2.67. The molecule has 0 spiro atoms. The van der Waals surface area contributed by atoms with Gasteiger partial charge >= 0.3 is 6.03 Å². The summed E-state index contributed by atoms with van der Waals surface area (Å²) in [7, 11) is 0. The number of rotatable bonds is 15. The first-order valence-corrected chi connectivity index (χ1v) is 11.9. The molecular formula is C21H37N3O4S. The SMILES string of the molecule is CCCCCCCCCCSCC(CO)NC(=O)/C=C/C1C(=O)NC(=O)NC1C. The normalized spacial score (nSPS) is 20.4. The Balaban J connectivity index is 2.18. The van der Waals surface area contributed by atoms with Crippen molar-refractivity contribution < 1.29 is 19.5 Å². The van der Waals surface area contributed by atoms with E-state index in [4.69, 9.17) is 0 Å². The fourth-order valence-electron chi connectivity index (χ4n) is 3.15. The van der Waals surface area contributed by atoms with Crippen LogP contribution in [0.4, 0.5) is 4.79 Å². The zero-order valence-electron chi connectivity index (χ0n) is 17.7. The number of thioether (sulfide) groups is 1. The Hall–Kier alpha value is -1.54. The fraction of sp³-hybridized carbons (Fsp3) is 0.762. The van der Waals surface area contributed by atoms with Crippen LogP contribution in [0.1, 0.15) is 65.2 Å².